The third-order valence-electron chi connectivity index (χ3n) is 8.54. The molecule has 0 spiro atoms. The largest absolute Gasteiger partial charge is 0.369 e. The van der Waals surface area contributed by atoms with Gasteiger partial charge in [0.1, 0.15) is 6.54 Å². The number of benzene rings is 2. The maximum absolute atomic E-state index is 13.5. The Balaban J connectivity index is 1.27. The molecule has 3 heterocycles. The molecule has 41 heavy (non-hydrogen) atoms. The number of urea groups is 2. The van der Waals surface area contributed by atoms with Crippen molar-refractivity contribution in [2.45, 2.75) is 59.2 Å². The number of hydrogen-bond donors (Lipinski definition) is 2. The molecule has 2 aromatic rings. The SMILES string of the molecule is Cc1cccc(C2=CN(CC(=O)N3CCC(N4CCc5ccccc5NC4=O)CC3)C(=O)N(CC(C)C)C2O)c1C. The molecule has 0 aliphatic carbocycles. The molecule has 3 aliphatic heterocycles. The lowest BCUT2D eigenvalue weighted by Crippen LogP contribution is -2.55. The van der Waals surface area contributed by atoms with Crippen LogP contribution in [0.2, 0.25) is 0 Å². The number of fused-ring (bicyclic) bond motifs is 1. The summed E-state index contributed by atoms with van der Waals surface area (Å²) < 4.78 is 0. The highest BCUT2D eigenvalue weighted by atomic mass is 16.3. The van der Waals surface area contributed by atoms with Crippen molar-refractivity contribution in [3.8, 4) is 0 Å². The predicted molar refractivity (Wildman–Crippen MR) is 159 cm³/mol. The van der Waals surface area contributed by atoms with E-state index in [0.717, 1.165) is 34.4 Å². The van der Waals surface area contributed by atoms with Gasteiger partial charge >= 0.3 is 12.1 Å². The van der Waals surface area contributed by atoms with Gasteiger partial charge in [0.15, 0.2) is 6.23 Å². The number of aliphatic hydroxyl groups excluding tert-OH is 1. The van der Waals surface area contributed by atoms with Crippen LogP contribution < -0.4 is 5.32 Å². The van der Waals surface area contributed by atoms with Crippen molar-refractivity contribution in [3.63, 3.8) is 0 Å². The summed E-state index contributed by atoms with van der Waals surface area (Å²) in [6.45, 7) is 9.98. The average molecular weight is 560 g/mol. The number of nitrogens with zero attached hydrogens (tertiary/aromatic N) is 4. The van der Waals surface area contributed by atoms with Gasteiger partial charge in [0, 0.05) is 49.7 Å². The number of hydrogen-bond acceptors (Lipinski definition) is 4. The van der Waals surface area contributed by atoms with Crippen LogP contribution in [0, 0.1) is 19.8 Å². The molecule has 1 unspecified atom stereocenters. The average Bonchev–Trinajstić information content (AvgIpc) is 3.12. The van der Waals surface area contributed by atoms with Gasteiger partial charge in [0.05, 0.1) is 0 Å². The van der Waals surface area contributed by atoms with Crippen LogP contribution in [0.15, 0.2) is 48.7 Å². The van der Waals surface area contributed by atoms with Gasteiger partial charge in [-0.3, -0.25) is 14.6 Å². The highest BCUT2D eigenvalue weighted by Crippen LogP contribution is 2.31. The van der Waals surface area contributed by atoms with Crippen LogP contribution in [0.25, 0.3) is 5.57 Å². The van der Waals surface area contributed by atoms with Crippen molar-refractivity contribution in [3.05, 3.63) is 70.9 Å². The van der Waals surface area contributed by atoms with Crippen molar-refractivity contribution in [1.82, 2.24) is 19.6 Å². The van der Waals surface area contributed by atoms with E-state index in [1.165, 1.54) is 9.80 Å². The fourth-order valence-corrected chi connectivity index (χ4v) is 6.10. The fraction of sp³-hybridized carbons (Fsp3) is 0.469. The molecule has 2 N–H and O–H groups in total. The number of likely N-dealkylation sites (tertiary alicyclic amines) is 1. The van der Waals surface area contributed by atoms with Gasteiger partial charge in [-0.25, -0.2) is 9.59 Å². The quantitative estimate of drug-likeness (QED) is 0.547. The number of amides is 5. The summed E-state index contributed by atoms with van der Waals surface area (Å²) in [5.41, 5.74) is 5.61. The first-order valence-corrected chi connectivity index (χ1v) is 14.6. The van der Waals surface area contributed by atoms with E-state index >= 15 is 0 Å². The van der Waals surface area contributed by atoms with Crippen LogP contribution in [-0.2, 0) is 11.2 Å². The number of rotatable bonds is 6. The van der Waals surface area contributed by atoms with E-state index in [-0.39, 0.29) is 36.5 Å². The molecular weight excluding hydrogens is 518 g/mol. The van der Waals surface area contributed by atoms with Crippen LogP contribution in [-0.4, -0.2) is 87.7 Å². The Labute approximate surface area is 242 Å². The Morgan fingerprint density at radius 1 is 1.02 bits per heavy atom. The van der Waals surface area contributed by atoms with Crippen molar-refractivity contribution in [2.75, 3.05) is 38.0 Å². The number of para-hydroxylation sites is 1. The third kappa shape index (κ3) is 5.95. The predicted octanol–water partition coefficient (Wildman–Crippen LogP) is 4.44. The molecule has 1 atom stereocenters. The van der Waals surface area contributed by atoms with Gasteiger partial charge in [0.2, 0.25) is 5.91 Å². The Morgan fingerprint density at radius 3 is 2.49 bits per heavy atom. The smallest absolute Gasteiger partial charge is 0.326 e. The molecule has 218 valence electrons. The lowest BCUT2D eigenvalue weighted by molar-refractivity contribution is -0.133. The fourth-order valence-electron chi connectivity index (χ4n) is 6.10. The minimum atomic E-state index is -1.08. The first-order valence-electron chi connectivity index (χ1n) is 14.6. The molecule has 0 radical (unpaired) electrons. The molecular formula is C32H41N5O4. The zero-order chi connectivity index (χ0) is 29.3. The summed E-state index contributed by atoms with van der Waals surface area (Å²) >= 11 is 0. The van der Waals surface area contributed by atoms with Gasteiger partial charge in [-0.05, 0) is 67.3 Å². The van der Waals surface area contributed by atoms with Crippen molar-refractivity contribution in [1.29, 1.82) is 0 Å². The number of aryl methyl sites for hydroxylation is 1. The molecule has 3 aliphatic rings. The normalized spacial score (nSPS) is 20.1. The van der Waals surface area contributed by atoms with Crippen molar-refractivity contribution < 1.29 is 19.5 Å². The first kappa shape index (κ1) is 28.7. The number of aliphatic hydroxyl groups is 1. The lowest BCUT2D eigenvalue weighted by atomic mass is 9.95. The van der Waals surface area contributed by atoms with Gasteiger partial charge in [-0.2, -0.15) is 0 Å². The molecule has 0 aromatic heterocycles. The van der Waals surface area contributed by atoms with Crippen LogP contribution in [0.3, 0.4) is 0 Å². The van der Waals surface area contributed by atoms with Crippen LogP contribution in [0.4, 0.5) is 15.3 Å². The maximum atomic E-state index is 13.5. The molecule has 2 aromatic carbocycles. The molecule has 5 rings (SSSR count). The minimum Gasteiger partial charge on any atom is -0.369 e. The summed E-state index contributed by atoms with van der Waals surface area (Å²) in [7, 11) is 0. The molecule has 9 heteroatoms. The molecule has 5 amide bonds. The Kier molecular flexibility index (Phi) is 8.35. The molecule has 0 bridgehead atoms. The lowest BCUT2D eigenvalue weighted by Gasteiger charge is -2.41. The Bertz CT molecular complexity index is 1350. The third-order valence-corrected chi connectivity index (χ3v) is 8.54. The molecule has 9 nitrogen and oxygen atoms in total. The second-order valence-corrected chi connectivity index (χ2v) is 11.8. The Morgan fingerprint density at radius 2 is 1.76 bits per heavy atom. The summed E-state index contributed by atoms with van der Waals surface area (Å²) in [5.74, 6) is 0.00842. The highest BCUT2D eigenvalue weighted by molar-refractivity contribution is 5.92. The molecule has 1 fully saturated rings. The number of piperidine rings is 1. The monoisotopic (exact) mass is 559 g/mol. The van der Waals surface area contributed by atoms with E-state index in [0.29, 0.717) is 44.6 Å². The number of carbonyl (C=O) groups is 3. The first-order chi connectivity index (χ1) is 19.6. The van der Waals surface area contributed by atoms with Gasteiger partial charge in [0.25, 0.3) is 0 Å². The molecule has 1 saturated heterocycles. The van der Waals surface area contributed by atoms with E-state index < -0.39 is 6.23 Å². The van der Waals surface area contributed by atoms with E-state index in [1.807, 2.05) is 75.1 Å². The van der Waals surface area contributed by atoms with Crippen LogP contribution in [0.1, 0.15) is 48.9 Å². The Hall–Kier alpha value is -3.85. The number of carbonyl (C=O) groups excluding carboxylic acids is 3. The zero-order valence-corrected chi connectivity index (χ0v) is 24.5. The standard InChI is InChI=1S/C32H41N5O4/c1-21(2)18-37-30(39)27(26-10-7-8-22(3)23(26)4)19-35(32(37)41)20-29(38)34-15-13-25(14-16-34)36-17-12-24-9-5-6-11-28(24)33-31(36)40/h5-11,19,21,25,30,39H,12-18,20H2,1-4H3,(H,33,40). The van der Waals surface area contributed by atoms with Gasteiger partial charge in [-0.15, -0.1) is 0 Å². The second-order valence-electron chi connectivity index (χ2n) is 11.8. The van der Waals surface area contributed by atoms with Crippen LogP contribution >= 0.6 is 0 Å². The van der Waals surface area contributed by atoms with E-state index in [2.05, 4.69) is 5.32 Å². The summed E-state index contributed by atoms with van der Waals surface area (Å²) in [4.78, 5) is 46.5. The summed E-state index contributed by atoms with van der Waals surface area (Å²) in [5, 5.41) is 14.3. The zero-order valence-electron chi connectivity index (χ0n) is 24.5. The molecule has 0 saturated carbocycles. The van der Waals surface area contributed by atoms with Gasteiger partial charge in [-0.1, -0.05) is 50.2 Å². The topological polar surface area (TPSA) is 96.4 Å². The van der Waals surface area contributed by atoms with E-state index in [4.69, 9.17) is 0 Å². The minimum absolute atomic E-state index is 0.0532. The van der Waals surface area contributed by atoms with E-state index in [9.17, 15) is 19.5 Å². The van der Waals surface area contributed by atoms with Gasteiger partial charge < -0.3 is 20.2 Å². The summed E-state index contributed by atoms with van der Waals surface area (Å²) in [6.07, 6.45) is 2.73. The van der Waals surface area contributed by atoms with Crippen molar-refractivity contribution >= 4 is 29.2 Å². The van der Waals surface area contributed by atoms with E-state index in [1.54, 1.807) is 11.1 Å². The second kappa shape index (κ2) is 11.9. The highest BCUT2D eigenvalue weighted by Gasteiger charge is 2.37. The number of nitrogens with one attached hydrogen (secondary N) is 1. The van der Waals surface area contributed by atoms with Crippen LogP contribution in [0.5, 0.6) is 0 Å². The number of anilines is 1. The summed E-state index contributed by atoms with van der Waals surface area (Å²) in [6, 6.07) is 13.4. The van der Waals surface area contributed by atoms with Crippen molar-refractivity contribution in [2.24, 2.45) is 5.92 Å². The maximum Gasteiger partial charge on any atom is 0.326 e.